The molecule has 1 unspecified atom stereocenters. The first-order valence-corrected chi connectivity index (χ1v) is 11.1. The molecule has 1 fully saturated rings. The molecule has 3 aromatic carbocycles. The van der Waals surface area contributed by atoms with Crippen LogP contribution in [0.4, 0.5) is 5.69 Å². The smallest absolute Gasteiger partial charge is 0.338 e. The topological polar surface area (TPSA) is 83.9 Å². The van der Waals surface area contributed by atoms with Crippen molar-refractivity contribution in [1.29, 1.82) is 0 Å². The number of aryl methyl sites for hydroxylation is 1. The third-order valence-electron chi connectivity index (χ3n) is 5.56. The minimum Gasteiger partial charge on any atom is -0.507 e. The number of benzene rings is 3. The van der Waals surface area contributed by atoms with Crippen LogP contribution in [-0.4, -0.2) is 29.4 Å². The van der Waals surface area contributed by atoms with Crippen molar-refractivity contribution < 1.29 is 24.2 Å². The van der Waals surface area contributed by atoms with Crippen molar-refractivity contribution in [2.75, 3.05) is 11.5 Å². The van der Waals surface area contributed by atoms with Gasteiger partial charge in [-0.15, -0.1) is 0 Å². The number of Topliss-reactive ketones (excluding diaryl/α,β-unsaturated/α-hetero) is 1. The van der Waals surface area contributed by atoms with Gasteiger partial charge >= 0.3 is 5.97 Å². The van der Waals surface area contributed by atoms with Gasteiger partial charge in [-0.05, 0) is 55.8 Å². The summed E-state index contributed by atoms with van der Waals surface area (Å²) in [5, 5.41) is 11.5. The van der Waals surface area contributed by atoms with Gasteiger partial charge in [0.25, 0.3) is 11.7 Å². The second kappa shape index (κ2) is 9.53. The Balaban J connectivity index is 1.87. The molecule has 1 saturated heterocycles. The van der Waals surface area contributed by atoms with E-state index in [4.69, 9.17) is 16.3 Å². The minimum atomic E-state index is -0.868. The molecule has 0 spiro atoms. The van der Waals surface area contributed by atoms with E-state index in [-0.39, 0.29) is 17.9 Å². The monoisotopic (exact) mass is 475 g/mol. The zero-order chi connectivity index (χ0) is 24.4. The molecule has 0 aliphatic carbocycles. The van der Waals surface area contributed by atoms with Crippen LogP contribution in [0.2, 0.25) is 5.02 Å². The van der Waals surface area contributed by atoms with Crippen LogP contribution >= 0.6 is 11.6 Å². The van der Waals surface area contributed by atoms with E-state index in [1.165, 1.54) is 23.1 Å². The number of esters is 1. The molecular formula is C27H22ClNO5. The van der Waals surface area contributed by atoms with Gasteiger partial charge in [0.1, 0.15) is 5.76 Å². The second-order valence-electron chi connectivity index (χ2n) is 7.86. The largest absolute Gasteiger partial charge is 0.507 e. The third-order valence-corrected chi connectivity index (χ3v) is 5.79. The van der Waals surface area contributed by atoms with Crippen molar-refractivity contribution >= 4 is 40.7 Å². The number of amides is 1. The van der Waals surface area contributed by atoms with E-state index in [9.17, 15) is 19.5 Å². The number of hydrogen-bond acceptors (Lipinski definition) is 5. The Morgan fingerprint density at radius 2 is 1.71 bits per heavy atom. The van der Waals surface area contributed by atoms with E-state index in [1.807, 2.05) is 25.1 Å². The van der Waals surface area contributed by atoms with E-state index >= 15 is 0 Å². The van der Waals surface area contributed by atoms with Crippen molar-refractivity contribution in [3.05, 3.63) is 106 Å². The fourth-order valence-corrected chi connectivity index (χ4v) is 4.21. The van der Waals surface area contributed by atoms with Crippen LogP contribution in [-0.2, 0) is 14.3 Å². The Hall–Kier alpha value is -3.90. The third kappa shape index (κ3) is 4.32. The molecule has 6 nitrogen and oxygen atoms in total. The van der Waals surface area contributed by atoms with Crippen molar-refractivity contribution in [3.8, 4) is 0 Å². The Bertz CT molecular complexity index is 1310. The molecule has 0 bridgehead atoms. The van der Waals surface area contributed by atoms with Gasteiger partial charge in [0.05, 0.1) is 23.8 Å². The van der Waals surface area contributed by atoms with Crippen LogP contribution in [0.25, 0.3) is 5.76 Å². The van der Waals surface area contributed by atoms with Gasteiger partial charge in [-0.25, -0.2) is 4.79 Å². The molecule has 0 saturated carbocycles. The molecule has 7 heteroatoms. The molecule has 1 aliphatic heterocycles. The summed E-state index contributed by atoms with van der Waals surface area (Å²) in [5.41, 5.74) is 2.63. The van der Waals surface area contributed by atoms with Crippen LogP contribution in [0.1, 0.15) is 40.0 Å². The second-order valence-corrected chi connectivity index (χ2v) is 8.30. The number of ketones is 1. The highest BCUT2D eigenvalue weighted by atomic mass is 35.5. The van der Waals surface area contributed by atoms with E-state index in [2.05, 4.69) is 0 Å². The van der Waals surface area contributed by atoms with E-state index in [0.717, 1.165) is 5.56 Å². The number of carbonyl (C=O) groups excluding carboxylic acids is 3. The number of aliphatic hydroxyl groups excluding tert-OH is 1. The number of ether oxygens (including phenoxy) is 1. The zero-order valence-corrected chi connectivity index (χ0v) is 19.4. The predicted molar refractivity (Wildman–Crippen MR) is 130 cm³/mol. The Morgan fingerprint density at radius 3 is 2.35 bits per heavy atom. The number of rotatable bonds is 5. The SMILES string of the molecule is CCOC(=O)c1ccc(N2C(=O)C(=O)/C(=C(/O)c3cccc(Cl)c3)C2c2cccc(C)c2)cc1. The first-order chi connectivity index (χ1) is 16.3. The van der Waals surface area contributed by atoms with Gasteiger partial charge in [0.2, 0.25) is 0 Å². The summed E-state index contributed by atoms with van der Waals surface area (Å²) in [6, 6.07) is 19.2. The van der Waals surface area contributed by atoms with Crippen LogP contribution < -0.4 is 4.90 Å². The molecule has 1 heterocycles. The fourth-order valence-electron chi connectivity index (χ4n) is 4.02. The number of nitrogens with zero attached hydrogens (tertiary/aromatic N) is 1. The van der Waals surface area contributed by atoms with Crippen molar-refractivity contribution in [2.24, 2.45) is 0 Å². The van der Waals surface area contributed by atoms with Crippen LogP contribution in [0.5, 0.6) is 0 Å². The van der Waals surface area contributed by atoms with Crippen LogP contribution in [0, 0.1) is 6.92 Å². The average Bonchev–Trinajstić information content (AvgIpc) is 3.09. The summed E-state index contributed by atoms with van der Waals surface area (Å²) < 4.78 is 5.02. The highest BCUT2D eigenvalue weighted by Crippen LogP contribution is 2.42. The lowest BCUT2D eigenvalue weighted by molar-refractivity contribution is -0.132. The van der Waals surface area contributed by atoms with Gasteiger partial charge in [0, 0.05) is 16.3 Å². The standard InChI is InChI=1S/C27H22ClNO5/c1-3-34-27(33)17-10-12-21(13-11-17)29-23(18-7-4-6-16(2)14-18)22(25(31)26(29)32)24(30)19-8-5-9-20(28)15-19/h4-15,23,30H,3H2,1-2H3/b24-22+. The van der Waals surface area contributed by atoms with Crippen molar-refractivity contribution in [3.63, 3.8) is 0 Å². The fraction of sp³-hybridized carbons (Fsp3) is 0.148. The molecule has 3 aromatic rings. The number of anilines is 1. The normalized spacial score (nSPS) is 17.1. The molecule has 172 valence electrons. The van der Waals surface area contributed by atoms with Gasteiger partial charge in [0.15, 0.2) is 0 Å². The highest BCUT2D eigenvalue weighted by Gasteiger charge is 2.47. The molecule has 1 atom stereocenters. The summed E-state index contributed by atoms with van der Waals surface area (Å²) in [6.45, 7) is 3.86. The number of aliphatic hydroxyl groups is 1. The summed E-state index contributed by atoms with van der Waals surface area (Å²) >= 11 is 6.09. The average molecular weight is 476 g/mol. The van der Waals surface area contributed by atoms with E-state index < -0.39 is 23.7 Å². The van der Waals surface area contributed by atoms with Gasteiger partial charge < -0.3 is 9.84 Å². The lowest BCUT2D eigenvalue weighted by Gasteiger charge is -2.26. The minimum absolute atomic E-state index is 0.0349. The van der Waals surface area contributed by atoms with E-state index in [1.54, 1.807) is 43.3 Å². The number of halogens is 1. The Kier molecular flexibility index (Phi) is 6.52. The predicted octanol–water partition coefficient (Wildman–Crippen LogP) is 5.45. The molecular weight excluding hydrogens is 454 g/mol. The maximum absolute atomic E-state index is 13.2. The lowest BCUT2D eigenvalue weighted by Crippen LogP contribution is -2.29. The first-order valence-electron chi connectivity index (χ1n) is 10.7. The van der Waals surface area contributed by atoms with Gasteiger partial charge in [-0.2, -0.15) is 0 Å². The lowest BCUT2D eigenvalue weighted by atomic mass is 9.94. The maximum atomic E-state index is 13.2. The van der Waals surface area contributed by atoms with E-state index in [0.29, 0.717) is 27.4 Å². The molecule has 0 radical (unpaired) electrons. The molecule has 4 rings (SSSR count). The molecule has 1 aliphatic rings. The Morgan fingerprint density at radius 1 is 1.00 bits per heavy atom. The highest BCUT2D eigenvalue weighted by molar-refractivity contribution is 6.51. The Labute approximate surface area is 202 Å². The summed E-state index contributed by atoms with van der Waals surface area (Å²) in [4.78, 5) is 39.8. The van der Waals surface area contributed by atoms with Crippen LogP contribution in [0.3, 0.4) is 0 Å². The van der Waals surface area contributed by atoms with Gasteiger partial charge in [-0.1, -0.05) is 53.6 Å². The van der Waals surface area contributed by atoms with Crippen LogP contribution in [0.15, 0.2) is 78.4 Å². The maximum Gasteiger partial charge on any atom is 0.338 e. The molecule has 0 aromatic heterocycles. The zero-order valence-electron chi connectivity index (χ0n) is 18.6. The molecule has 1 N–H and O–H groups in total. The summed E-state index contributed by atoms with van der Waals surface area (Å²) in [6.07, 6.45) is 0. The number of hydrogen-bond donors (Lipinski definition) is 1. The first kappa shape index (κ1) is 23.3. The van der Waals surface area contributed by atoms with Crippen molar-refractivity contribution in [2.45, 2.75) is 19.9 Å². The molecule has 1 amide bonds. The quantitative estimate of drug-likeness (QED) is 0.229. The van der Waals surface area contributed by atoms with Crippen molar-refractivity contribution in [1.82, 2.24) is 0 Å². The summed E-state index contributed by atoms with van der Waals surface area (Å²) in [5.74, 6) is -2.37. The summed E-state index contributed by atoms with van der Waals surface area (Å²) in [7, 11) is 0. The van der Waals surface area contributed by atoms with Gasteiger partial charge in [-0.3, -0.25) is 14.5 Å². The molecule has 34 heavy (non-hydrogen) atoms. The number of carbonyl (C=O) groups is 3.